The Bertz CT molecular complexity index is 344. The van der Waals surface area contributed by atoms with Gasteiger partial charge in [-0.15, -0.1) is 0 Å². The molecule has 4 N–H and O–H groups in total. The van der Waals surface area contributed by atoms with Crippen LogP contribution in [0.4, 0.5) is 5.69 Å². The normalized spacial score (nSPS) is 10.1. The van der Waals surface area contributed by atoms with E-state index in [1.165, 1.54) is 0 Å². The number of para-hydroxylation sites is 1. The molecule has 1 amide bonds. The minimum absolute atomic E-state index is 0.106. The molecule has 4 nitrogen and oxygen atoms in total. The Morgan fingerprint density at radius 2 is 2.12 bits per heavy atom. The monoisotopic (exact) mass is 241 g/mol. The van der Waals surface area contributed by atoms with Crippen molar-refractivity contribution in [3.05, 3.63) is 29.3 Å². The predicted octanol–water partition coefficient (Wildman–Crippen LogP) is 1.22. The highest BCUT2D eigenvalue weighted by Gasteiger charge is 2.03. The van der Waals surface area contributed by atoms with E-state index in [4.69, 9.17) is 17.3 Å². The summed E-state index contributed by atoms with van der Waals surface area (Å²) in [7, 11) is 0. The molecule has 16 heavy (non-hydrogen) atoms. The number of nitrogens with two attached hydrogens (primary N) is 1. The molecule has 0 unspecified atom stereocenters. The summed E-state index contributed by atoms with van der Waals surface area (Å²) in [4.78, 5) is 11.5. The van der Waals surface area contributed by atoms with E-state index in [2.05, 4.69) is 10.6 Å². The maximum atomic E-state index is 11.5. The van der Waals surface area contributed by atoms with Gasteiger partial charge >= 0.3 is 0 Å². The summed E-state index contributed by atoms with van der Waals surface area (Å²) in [6.45, 7) is 1.64. The number of carbonyl (C=O) groups excluding carboxylic acids is 1. The van der Waals surface area contributed by atoms with E-state index in [0.29, 0.717) is 17.3 Å². The van der Waals surface area contributed by atoms with Crippen molar-refractivity contribution in [1.82, 2.24) is 5.32 Å². The van der Waals surface area contributed by atoms with Crippen LogP contribution >= 0.6 is 11.6 Å². The maximum Gasteiger partial charge on any atom is 0.238 e. The zero-order chi connectivity index (χ0) is 11.8. The van der Waals surface area contributed by atoms with Crippen molar-refractivity contribution >= 4 is 23.2 Å². The first-order valence-corrected chi connectivity index (χ1v) is 5.57. The van der Waals surface area contributed by atoms with Crippen LogP contribution in [0.25, 0.3) is 0 Å². The van der Waals surface area contributed by atoms with Gasteiger partial charge in [0.1, 0.15) is 0 Å². The van der Waals surface area contributed by atoms with Gasteiger partial charge in [0.25, 0.3) is 0 Å². The quantitative estimate of drug-likeness (QED) is 0.656. The Morgan fingerprint density at radius 1 is 1.38 bits per heavy atom. The van der Waals surface area contributed by atoms with Crippen molar-refractivity contribution in [2.45, 2.75) is 6.42 Å². The van der Waals surface area contributed by atoms with Crippen LogP contribution in [0.5, 0.6) is 0 Å². The van der Waals surface area contributed by atoms with Crippen LogP contribution in [0.1, 0.15) is 6.42 Å². The van der Waals surface area contributed by atoms with E-state index in [0.717, 1.165) is 13.0 Å². The van der Waals surface area contributed by atoms with Crippen molar-refractivity contribution in [3.63, 3.8) is 0 Å². The lowest BCUT2D eigenvalue weighted by molar-refractivity contribution is -0.115. The number of nitrogens with one attached hydrogen (secondary N) is 2. The number of rotatable bonds is 6. The third-order valence-corrected chi connectivity index (χ3v) is 2.32. The van der Waals surface area contributed by atoms with Gasteiger partial charge < -0.3 is 16.4 Å². The zero-order valence-corrected chi connectivity index (χ0v) is 9.76. The van der Waals surface area contributed by atoms with E-state index in [1.807, 2.05) is 12.1 Å². The molecule has 5 heteroatoms. The maximum absolute atomic E-state index is 11.5. The Hall–Kier alpha value is -1.10. The molecule has 0 saturated carbocycles. The number of hydrogen-bond donors (Lipinski definition) is 3. The fraction of sp³-hybridized carbons (Fsp3) is 0.364. The molecule has 0 bridgehead atoms. The smallest absolute Gasteiger partial charge is 0.238 e. The van der Waals surface area contributed by atoms with Gasteiger partial charge in [-0.1, -0.05) is 23.7 Å². The summed E-state index contributed by atoms with van der Waals surface area (Å²) in [6.07, 6.45) is 0.860. The molecule has 0 fully saturated rings. The highest BCUT2D eigenvalue weighted by atomic mass is 35.5. The molecule has 0 radical (unpaired) electrons. The molecule has 1 aromatic carbocycles. The Kier molecular flexibility index (Phi) is 5.85. The summed E-state index contributed by atoms with van der Waals surface area (Å²) in [5, 5.41) is 6.25. The molecule has 0 spiro atoms. The van der Waals surface area contributed by atoms with E-state index >= 15 is 0 Å². The van der Waals surface area contributed by atoms with Crippen molar-refractivity contribution in [2.24, 2.45) is 5.73 Å². The van der Waals surface area contributed by atoms with Crippen LogP contribution < -0.4 is 16.4 Å². The van der Waals surface area contributed by atoms with Crippen LogP contribution in [0.2, 0.25) is 5.02 Å². The molecule has 0 saturated heterocycles. The second-order valence-corrected chi connectivity index (χ2v) is 3.75. The topological polar surface area (TPSA) is 67.1 Å². The minimum atomic E-state index is -0.106. The first-order valence-electron chi connectivity index (χ1n) is 5.19. The first-order chi connectivity index (χ1) is 7.74. The standard InChI is InChI=1S/C11H16ClN3O/c12-9-4-1-2-5-10(9)15-11(16)8-14-7-3-6-13/h1-2,4-5,14H,3,6-8,13H2,(H,15,16). The number of carbonyl (C=O) groups is 1. The molecular weight excluding hydrogens is 226 g/mol. The minimum Gasteiger partial charge on any atom is -0.330 e. The van der Waals surface area contributed by atoms with Crippen molar-refractivity contribution in [2.75, 3.05) is 25.0 Å². The van der Waals surface area contributed by atoms with Gasteiger partial charge in [0, 0.05) is 0 Å². The molecule has 88 valence electrons. The lowest BCUT2D eigenvalue weighted by Crippen LogP contribution is -2.29. The van der Waals surface area contributed by atoms with E-state index in [-0.39, 0.29) is 12.5 Å². The van der Waals surface area contributed by atoms with Gasteiger partial charge in [-0.25, -0.2) is 0 Å². The van der Waals surface area contributed by atoms with Gasteiger partial charge in [0.05, 0.1) is 17.3 Å². The molecular formula is C11H16ClN3O. The lowest BCUT2D eigenvalue weighted by atomic mass is 10.3. The van der Waals surface area contributed by atoms with Gasteiger partial charge in [0.15, 0.2) is 0 Å². The summed E-state index contributed by atoms with van der Waals surface area (Å²) < 4.78 is 0. The van der Waals surface area contributed by atoms with E-state index in [9.17, 15) is 4.79 Å². The van der Waals surface area contributed by atoms with Gasteiger partial charge in [-0.05, 0) is 31.6 Å². The highest BCUT2D eigenvalue weighted by molar-refractivity contribution is 6.33. The van der Waals surface area contributed by atoms with Crippen LogP contribution in [0.15, 0.2) is 24.3 Å². The van der Waals surface area contributed by atoms with Crippen molar-refractivity contribution < 1.29 is 4.79 Å². The molecule has 1 aromatic rings. The Balaban J connectivity index is 2.32. The molecule has 1 rings (SSSR count). The number of hydrogen-bond acceptors (Lipinski definition) is 3. The van der Waals surface area contributed by atoms with Crippen LogP contribution in [-0.2, 0) is 4.79 Å². The van der Waals surface area contributed by atoms with Gasteiger partial charge in [0.2, 0.25) is 5.91 Å². The molecule has 0 aliphatic heterocycles. The second-order valence-electron chi connectivity index (χ2n) is 3.35. The van der Waals surface area contributed by atoms with E-state index in [1.54, 1.807) is 12.1 Å². The largest absolute Gasteiger partial charge is 0.330 e. The van der Waals surface area contributed by atoms with Crippen LogP contribution in [0.3, 0.4) is 0 Å². The lowest BCUT2D eigenvalue weighted by Gasteiger charge is -2.07. The van der Waals surface area contributed by atoms with Crippen LogP contribution in [-0.4, -0.2) is 25.5 Å². The van der Waals surface area contributed by atoms with Gasteiger partial charge in [-0.2, -0.15) is 0 Å². The number of anilines is 1. The van der Waals surface area contributed by atoms with Crippen molar-refractivity contribution in [3.8, 4) is 0 Å². The first kappa shape index (κ1) is 13.0. The summed E-state index contributed by atoms with van der Waals surface area (Å²) in [5.74, 6) is -0.106. The zero-order valence-electron chi connectivity index (χ0n) is 9.00. The Morgan fingerprint density at radius 3 is 2.81 bits per heavy atom. The van der Waals surface area contributed by atoms with Gasteiger partial charge in [-0.3, -0.25) is 4.79 Å². The number of halogens is 1. The Labute approximate surface area is 100 Å². The summed E-state index contributed by atoms with van der Waals surface area (Å²) in [6, 6.07) is 7.14. The summed E-state index contributed by atoms with van der Waals surface area (Å²) in [5.41, 5.74) is 5.96. The van der Waals surface area contributed by atoms with Crippen molar-refractivity contribution in [1.29, 1.82) is 0 Å². The fourth-order valence-corrected chi connectivity index (χ4v) is 1.37. The molecule has 0 aromatic heterocycles. The SMILES string of the molecule is NCCCNCC(=O)Nc1ccccc1Cl. The average molecular weight is 242 g/mol. The third kappa shape index (κ3) is 4.61. The number of amides is 1. The molecule has 0 heterocycles. The van der Waals surface area contributed by atoms with E-state index < -0.39 is 0 Å². The fourth-order valence-electron chi connectivity index (χ4n) is 1.19. The third-order valence-electron chi connectivity index (χ3n) is 1.99. The summed E-state index contributed by atoms with van der Waals surface area (Å²) >= 11 is 5.90. The second kappa shape index (κ2) is 7.22. The predicted molar refractivity (Wildman–Crippen MR) is 66.6 cm³/mol. The number of benzene rings is 1. The molecule has 0 aliphatic carbocycles. The highest BCUT2D eigenvalue weighted by Crippen LogP contribution is 2.19. The van der Waals surface area contributed by atoms with Crippen LogP contribution in [0, 0.1) is 0 Å². The molecule has 0 atom stereocenters. The molecule has 0 aliphatic rings. The average Bonchev–Trinajstić information content (AvgIpc) is 2.28.